The second-order valence-corrected chi connectivity index (χ2v) is 8.61. The lowest BCUT2D eigenvalue weighted by Crippen LogP contribution is -2.50. The number of rotatable bonds is 5. The Morgan fingerprint density at radius 2 is 1.72 bits per heavy atom. The summed E-state index contributed by atoms with van der Waals surface area (Å²) in [4.78, 5) is 31.7. The second kappa shape index (κ2) is 9.35. The van der Waals surface area contributed by atoms with Crippen molar-refractivity contribution in [2.24, 2.45) is 5.41 Å². The van der Waals surface area contributed by atoms with E-state index < -0.39 is 5.41 Å². The van der Waals surface area contributed by atoms with Gasteiger partial charge in [-0.25, -0.2) is 0 Å². The van der Waals surface area contributed by atoms with Crippen LogP contribution in [0.15, 0.2) is 72.9 Å². The van der Waals surface area contributed by atoms with Gasteiger partial charge in [0.05, 0.1) is 5.41 Å². The summed E-state index contributed by atoms with van der Waals surface area (Å²) in [7, 11) is 1.69. The lowest BCUT2D eigenvalue weighted by Gasteiger charge is -2.40. The lowest BCUT2D eigenvalue weighted by atomic mass is 9.72. The molecule has 5 nitrogen and oxygen atoms in total. The van der Waals surface area contributed by atoms with Crippen molar-refractivity contribution in [2.45, 2.75) is 26.2 Å². The quantitative estimate of drug-likeness (QED) is 0.662. The molecule has 1 N–H and O–H groups in total. The van der Waals surface area contributed by atoms with Gasteiger partial charge in [-0.05, 0) is 55.0 Å². The fourth-order valence-electron chi connectivity index (χ4n) is 4.57. The molecule has 1 fully saturated rings. The molecule has 0 radical (unpaired) electrons. The first kappa shape index (κ1) is 21.8. The fourth-order valence-corrected chi connectivity index (χ4v) is 4.57. The molecule has 1 aromatic heterocycles. The van der Waals surface area contributed by atoms with Crippen molar-refractivity contribution in [3.05, 3.63) is 89.7 Å². The van der Waals surface area contributed by atoms with Crippen LogP contribution in [0.25, 0.3) is 11.1 Å². The van der Waals surface area contributed by atoms with E-state index in [0.717, 1.165) is 5.56 Å². The maximum Gasteiger partial charge on any atom is 0.272 e. The minimum atomic E-state index is -0.513. The van der Waals surface area contributed by atoms with Crippen LogP contribution in [0.4, 0.5) is 0 Å². The molecule has 1 aliphatic heterocycles. The monoisotopic (exact) mass is 427 g/mol. The van der Waals surface area contributed by atoms with Gasteiger partial charge in [-0.1, -0.05) is 60.2 Å². The van der Waals surface area contributed by atoms with E-state index in [9.17, 15) is 9.59 Å². The van der Waals surface area contributed by atoms with Crippen molar-refractivity contribution in [2.75, 3.05) is 20.1 Å². The number of piperidine rings is 1. The first-order chi connectivity index (χ1) is 15.5. The van der Waals surface area contributed by atoms with Crippen LogP contribution in [-0.4, -0.2) is 41.8 Å². The molecule has 2 heterocycles. The van der Waals surface area contributed by atoms with E-state index in [-0.39, 0.29) is 11.8 Å². The smallest absolute Gasteiger partial charge is 0.272 e. The molecular weight excluding hydrogens is 398 g/mol. The average molecular weight is 428 g/mol. The van der Waals surface area contributed by atoms with Gasteiger partial charge in [0, 0.05) is 26.3 Å². The Bertz CT molecular complexity index is 1090. The SMILES string of the molecule is CNC(=O)C1(Cc2ccc(-c3cccc(C)c3)cc2)CCN(C(=O)c2ccccn2)CC1. The maximum absolute atomic E-state index is 12.9. The normalized spacial score (nSPS) is 15.2. The van der Waals surface area contributed by atoms with Crippen LogP contribution in [0.1, 0.15) is 34.5 Å². The zero-order valence-electron chi connectivity index (χ0n) is 18.7. The molecule has 2 amide bonds. The van der Waals surface area contributed by atoms with Gasteiger partial charge in [-0.15, -0.1) is 0 Å². The predicted molar refractivity (Wildman–Crippen MR) is 126 cm³/mol. The number of aryl methyl sites for hydroxylation is 1. The summed E-state index contributed by atoms with van der Waals surface area (Å²) in [5.41, 5.74) is 4.67. The van der Waals surface area contributed by atoms with Gasteiger partial charge >= 0.3 is 0 Å². The number of pyridine rings is 1. The van der Waals surface area contributed by atoms with Gasteiger partial charge in [0.2, 0.25) is 5.91 Å². The largest absolute Gasteiger partial charge is 0.359 e. The Hall–Kier alpha value is -3.47. The predicted octanol–water partition coefficient (Wildman–Crippen LogP) is 4.27. The molecule has 0 unspecified atom stereocenters. The van der Waals surface area contributed by atoms with Gasteiger partial charge in [0.25, 0.3) is 5.91 Å². The number of nitrogens with zero attached hydrogens (tertiary/aromatic N) is 2. The fraction of sp³-hybridized carbons (Fsp3) is 0.296. The van der Waals surface area contributed by atoms with Crippen LogP contribution < -0.4 is 5.32 Å². The number of likely N-dealkylation sites (tertiary alicyclic amines) is 1. The standard InChI is InChI=1S/C27H29N3O2/c1-20-6-5-7-23(18-20)22-11-9-21(10-12-22)19-27(26(32)28-2)13-16-30(17-14-27)25(31)24-8-3-4-15-29-24/h3-12,15,18H,13-14,16-17,19H2,1-2H3,(H,28,32). The number of carbonyl (C=O) groups is 2. The minimum Gasteiger partial charge on any atom is -0.359 e. The molecule has 5 heteroatoms. The number of carbonyl (C=O) groups excluding carboxylic acids is 2. The van der Waals surface area contributed by atoms with Crippen LogP contribution in [0.2, 0.25) is 0 Å². The van der Waals surface area contributed by atoms with Crippen LogP contribution in [0, 0.1) is 12.3 Å². The third-order valence-electron chi connectivity index (χ3n) is 6.45. The van der Waals surface area contributed by atoms with Crippen molar-refractivity contribution in [1.29, 1.82) is 0 Å². The van der Waals surface area contributed by atoms with Crippen LogP contribution in [0.5, 0.6) is 0 Å². The van der Waals surface area contributed by atoms with Gasteiger partial charge in [0.1, 0.15) is 5.69 Å². The number of hydrogen-bond donors (Lipinski definition) is 1. The maximum atomic E-state index is 12.9. The number of aromatic nitrogens is 1. The van der Waals surface area contributed by atoms with E-state index in [1.807, 2.05) is 11.0 Å². The highest BCUT2D eigenvalue weighted by Crippen LogP contribution is 2.36. The highest BCUT2D eigenvalue weighted by Gasteiger charge is 2.42. The summed E-state index contributed by atoms with van der Waals surface area (Å²) in [5.74, 6) is -0.0243. The Labute approximate surface area is 189 Å². The first-order valence-corrected chi connectivity index (χ1v) is 11.1. The van der Waals surface area contributed by atoms with Crippen molar-refractivity contribution in [3.63, 3.8) is 0 Å². The number of benzene rings is 2. The minimum absolute atomic E-state index is 0.0465. The molecule has 0 spiro atoms. The molecule has 0 saturated carbocycles. The number of hydrogen-bond acceptors (Lipinski definition) is 3. The van der Waals surface area contributed by atoms with Crippen molar-refractivity contribution < 1.29 is 9.59 Å². The van der Waals surface area contributed by atoms with Crippen molar-refractivity contribution in [3.8, 4) is 11.1 Å². The Kier molecular flexibility index (Phi) is 6.35. The highest BCUT2D eigenvalue weighted by molar-refractivity contribution is 5.92. The zero-order valence-corrected chi connectivity index (χ0v) is 18.7. The number of amides is 2. The molecule has 3 aromatic rings. The van der Waals surface area contributed by atoms with Crippen LogP contribution >= 0.6 is 0 Å². The first-order valence-electron chi connectivity index (χ1n) is 11.1. The lowest BCUT2D eigenvalue weighted by molar-refractivity contribution is -0.133. The molecule has 2 aromatic carbocycles. The van der Waals surface area contributed by atoms with E-state index in [1.165, 1.54) is 16.7 Å². The second-order valence-electron chi connectivity index (χ2n) is 8.61. The Balaban J connectivity index is 1.48. The van der Waals surface area contributed by atoms with E-state index >= 15 is 0 Å². The summed E-state index contributed by atoms with van der Waals surface area (Å²) >= 11 is 0. The van der Waals surface area contributed by atoms with E-state index in [1.54, 1.807) is 25.4 Å². The molecule has 1 saturated heterocycles. The zero-order chi connectivity index (χ0) is 22.6. The average Bonchev–Trinajstić information content (AvgIpc) is 2.84. The summed E-state index contributed by atoms with van der Waals surface area (Å²) in [5, 5.41) is 2.86. The third-order valence-corrected chi connectivity index (χ3v) is 6.45. The van der Waals surface area contributed by atoms with E-state index in [4.69, 9.17) is 0 Å². The summed E-state index contributed by atoms with van der Waals surface area (Å²) < 4.78 is 0. The molecule has 0 atom stereocenters. The summed E-state index contributed by atoms with van der Waals surface area (Å²) in [6.07, 6.45) is 3.55. The Morgan fingerprint density at radius 3 is 2.34 bits per heavy atom. The van der Waals surface area contributed by atoms with E-state index in [0.29, 0.717) is 38.0 Å². The molecule has 164 valence electrons. The van der Waals surface area contributed by atoms with Crippen molar-refractivity contribution >= 4 is 11.8 Å². The summed E-state index contributed by atoms with van der Waals surface area (Å²) in [6, 6.07) is 22.3. The van der Waals surface area contributed by atoms with Gasteiger partial charge < -0.3 is 10.2 Å². The van der Waals surface area contributed by atoms with E-state index in [2.05, 4.69) is 65.8 Å². The molecule has 1 aliphatic rings. The van der Waals surface area contributed by atoms with Crippen molar-refractivity contribution in [1.82, 2.24) is 15.2 Å². The Morgan fingerprint density at radius 1 is 0.969 bits per heavy atom. The highest BCUT2D eigenvalue weighted by atomic mass is 16.2. The molecule has 4 rings (SSSR count). The topological polar surface area (TPSA) is 62.3 Å². The molecule has 32 heavy (non-hydrogen) atoms. The van der Waals surface area contributed by atoms with Gasteiger partial charge in [-0.2, -0.15) is 0 Å². The molecule has 0 aliphatic carbocycles. The molecule has 0 bridgehead atoms. The van der Waals surface area contributed by atoms with Crippen LogP contribution in [0.3, 0.4) is 0 Å². The summed E-state index contributed by atoms with van der Waals surface area (Å²) in [6.45, 7) is 3.18. The van der Waals surface area contributed by atoms with Gasteiger partial charge in [-0.3, -0.25) is 14.6 Å². The molecular formula is C27H29N3O2. The third kappa shape index (κ3) is 4.57. The van der Waals surface area contributed by atoms with Gasteiger partial charge in [0.15, 0.2) is 0 Å². The number of nitrogens with one attached hydrogen (secondary N) is 1. The van der Waals surface area contributed by atoms with Crippen LogP contribution in [-0.2, 0) is 11.2 Å².